The summed E-state index contributed by atoms with van der Waals surface area (Å²) in [4.78, 5) is 26.6. The topological polar surface area (TPSA) is 88.5 Å². The molecule has 1 amide bonds. The van der Waals surface area contributed by atoms with Crippen molar-refractivity contribution in [1.82, 2.24) is 10.3 Å². The Morgan fingerprint density at radius 3 is 3.00 bits per heavy atom. The highest BCUT2D eigenvalue weighted by Gasteiger charge is 2.47. The molecule has 2 atom stereocenters. The summed E-state index contributed by atoms with van der Waals surface area (Å²) in [7, 11) is 0. The Morgan fingerprint density at radius 1 is 1.63 bits per heavy atom. The number of carbonyl (C=O) groups is 2. The second-order valence-corrected chi connectivity index (χ2v) is 4.62. The number of aliphatic carboxylic acids is 1. The van der Waals surface area contributed by atoms with Gasteiger partial charge in [0, 0.05) is 6.20 Å². The van der Waals surface area contributed by atoms with Crippen molar-refractivity contribution in [2.24, 2.45) is 5.41 Å². The molecule has 1 aromatic rings. The van der Waals surface area contributed by atoms with Crippen LogP contribution in [0.4, 0.5) is 4.39 Å². The lowest BCUT2D eigenvalue weighted by atomic mass is 9.85. The first-order valence-electron chi connectivity index (χ1n) is 5.66. The number of halogens is 1. The molecule has 0 saturated carbocycles. The molecule has 0 spiro atoms. The maximum absolute atomic E-state index is 13.4. The molecule has 2 heterocycles. The molecule has 102 valence electrons. The van der Waals surface area contributed by atoms with E-state index in [1.165, 1.54) is 19.2 Å². The largest absolute Gasteiger partial charge is 0.481 e. The molecule has 0 aromatic carbocycles. The highest BCUT2D eigenvalue weighted by atomic mass is 19.1. The first-order chi connectivity index (χ1) is 8.95. The van der Waals surface area contributed by atoms with Crippen LogP contribution in [-0.4, -0.2) is 41.2 Å². The number of ether oxygens (including phenoxy) is 1. The average Bonchev–Trinajstić information content (AvgIpc) is 2.73. The molecule has 1 aromatic heterocycles. The van der Waals surface area contributed by atoms with Crippen LogP contribution in [0.5, 0.6) is 0 Å². The summed E-state index contributed by atoms with van der Waals surface area (Å²) in [5.74, 6) is -2.50. The molecule has 1 fully saturated rings. The number of pyridine rings is 1. The van der Waals surface area contributed by atoms with E-state index in [2.05, 4.69) is 10.3 Å². The van der Waals surface area contributed by atoms with Crippen molar-refractivity contribution in [3.63, 3.8) is 0 Å². The number of nitrogens with one attached hydrogen (secondary N) is 1. The summed E-state index contributed by atoms with van der Waals surface area (Å²) in [5, 5.41) is 11.7. The van der Waals surface area contributed by atoms with Crippen LogP contribution in [0.25, 0.3) is 0 Å². The first kappa shape index (κ1) is 13.4. The fourth-order valence-corrected chi connectivity index (χ4v) is 1.88. The number of rotatable bonds is 3. The molecule has 7 heteroatoms. The molecular weight excluding hydrogens is 255 g/mol. The van der Waals surface area contributed by atoms with E-state index in [-0.39, 0.29) is 18.8 Å². The van der Waals surface area contributed by atoms with Crippen molar-refractivity contribution in [2.45, 2.75) is 13.0 Å². The fourth-order valence-electron chi connectivity index (χ4n) is 1.88. The minimum atomic E-state index is -1.21. The van der Waals surface area contributed by atoms with Crippen molar-refractivity contribution >= 4 is 11.9 Å². The molecule has 0 aliphatic carbocycles. The van der Waals surface area contributed by atoms with Gasteiger partial charge in [-0.2, -0.15) is 0 Å². The van der Waals surface area contributed by atoms with Gasteiger partial charge in [0.25, 0.3) is 5.91 Å². The molecular formula is C12H13FN2O4. The van der Waals surface area contributed by atoms with Crippen LogP contribution in [0.3, 0.4) is 0 Å². The number of hydrogen-bond acceptors (Lipinski definition) is 4. The van der Waals surface area contributed by atoms with E-state index in [1.54, 1.807) is 0 Å². The second kappa shape index (κ2) is 4.93. The highest BCUT2D eigenvalue weighted by molar-refractivity contribution is 5.95. The third-order valence-corrected chi connectivity index (χ3v) is 3.27. The molecule has 0 radical (unpaired) electrons. The maximum atomic E-state index is 13.4. The lowest BCUT2D eigenvalue weighted by Crippen LogP contribution is -2.49. The van der Waals surface area contributed by atoms with Crippen LogP contribution >= 0.6 is 0 Å². The third-order valence-electron chi connectivity index (χ3n) is 3.27. The second-order valence-electron chi connectivity index (χ2n) is 4.62. The zero-order chi connectivity index (χ0) is 14.0. The van der Waals surface area contributed by atoms with Crippen LogP contribution in [0.15, 0.2) is 18.5 Å². The van der Waals surface area contributed by atoms with E-state index >= 15 is 0 Å². The summed E-state index contributed by atoms with van der Waals surface area (Å²) in [6.07, 6.45) is 2.22. The third kappa shape index (κ3) is 2.41. The number of carboxylic acids is 1. The fraction of sp³-hybridized carbons (Fsp3) is 0.417. The summed E-state index contributed by atoms with van der Waals surface area (Å²) in [6, 6.07) is 0.531. The zero-order valence-electron chi connectivity index (χ0n) is 10.2. The van der Waals surface area contributed by atoms with Crippen LogP contribution in [0.2, 0.25) is 0 Å². The van der Waals surface area contributed by atoms with Gasteiger partial charge in [-0.25, -0.2) is 4.39 Å². The molecule has 2 unspecified atom stereocenters. The van der Waals surface area contributed by atoms with Crippen LogP contribution < -0.4 is 5.32 Å². The summed E-state index contributed by atoms with van der Waals surface area (Å²) in [5.41, 5.74) is -1.38. The van der Waals surface area contributed by atoms with Crippen LogP contribution in [-0.2, 0) is 9.53 Å². The highest BCUT2D eigenvalue weighted by Crippen LogP contribution is 2.29. The Labute approximate surface area is 108 Å². The molecule has 2 rings (SSSR count). The van der Waals surface area contributed by atoms with Gasteiger partial charge in [-0.3, -0.25) is 14.6 Å². The van der Waals surface area contributed by atoms with Crippen molar-refractivity contribution in [3.05, 3.63) is 29.8 Å². The monoisotopic (exact) mass is 268 g/mol. The summed E-state index contributed by atoms with van der Waals surface area (Å²) in [6.45, 7) is 1.57. The molecule has 1 saturated heterocycles. The van der Waals surface area contributed by atoms with E-state index < -0.39 is 29.2 Å². The Kier molecular flexibility index (Phi) is 3.48. The predicted octanol–water partition coefficient (Wildman–Crippen LogP) is 0.440. The number of nitrogens with zero attached hydrogens (tertiary/aromatic N) is 1. The van der Waals surface area contributed by atoms with Gasteiger partial charge in [0.15, 0.2) is 5.82 Å². The van der Waals surface area contributed by atoms with Gasteiger partial charge in [-0.1, -0.05) is 0 Å². The molecule has 6 nitrogen and oxygen atoms in total. The first-order valence-corrected chi connectivity index (χ1v) is 5.66. The summed E-state index contributed by atoms with van der Waals surface area (Å²) >= 11 is 0. The SMILES string of the molecule is CC1(C(=O)O)COCC1NC(=O)c1ccncc1F. The smallest absolute Gasteiger partial charge is 0.313 e. The van der Waals surface area contributed by atoms with E-state index in [9.17, 15) is 14.0 Å². The quantitative estimate of drug-likeness (QED) is 0.830. The number of aromatic nitrogens is 1. The predicted molar refractivity (Wildman–Crippen MR) is 62.0 cm³/mol. The van der Waals surface area contributed by atoms with Crippen molar-refractivity contribution in [2.75, 3.05) is 13.2 Å². The van der Waals surface area contributed by atoms with Gasteiger partial charge in [0.1, 0.15) is 5.41 Å². The minimum absolute atomic E-state index is 0.00606. The summed E-state index contributed by atoms with van der Waals surface area (Å²) < 4.78 is 18.5. The number of amides is 1. The number of hydrogen-bond donors (Lipinski definition) is 2. The van der Waals surface area contributed by atoms with Gasteiger partial charge in [0.05, 0.1) is 31.0 Å². The van der Waals surface area contributed by atoms with E-state index in [0.29, 0.717) is 0 Å². The lowest BCUT2D eigenvalue weighted by molar-refractivity contribution is -0.148. The van der Waals surface area contributed by atoms with Crippen molar-refractivity contribution < 1.29 is 23.8 Å². The van der Waals surface area contributed by atoms with Crippen LogP contribution in [0, 0.1) is 11.2 Å². The Hall–Kier alpha value is -2.02. The lowest BCUT2D eigenvalue weighted by Gasteiger charge is -2.25. The Bertz CT molecular complexity index is 522. The Morgan fingerprint density at radius 2 is 2.37 bits per heavy atom. The average molecular weight is 268 g/mol. The molecule has 19 heavy (non-hydrogen) atoms. The molecule has 0 bridgehead atoms. The van der Waals surface area contributed by atoms with Gasteiger partial charge in [-0.15, -0.1) is 0 Å². The van der Waals surface area contributed by atoms with Gasteiger partial charge < -0.3 is 15.2 Å². The van der Waals surface area contributed by atoms with E-state index in [4.69, 9.17) is 9.84 Å². The van der Waals surface area contributed by atoms with Crippen LogP contribution in [0.1, 0.15) is 17.3 Å². The molecule has 1 aliphatic rings. The molecule has 2 N–H and O–H groups in total. The van der Waals surface area contributed by atoms with Crippen molar-refractivity contribution in [1.29, 1.82) is 0 Å². The van der Waals surface area contributed by atoms with E-state index in [1.807, 2.05) is 0 Å². The standard InChI is InChI=1S/C12H13FN2O4/c1-12(11(17)18)6-19-5-9(12)15-10(16)7-2-3-14-4-8(7)13/h2-4,9H,5-6H2,1H3,(H,15,16)(H,17,18). The van der Waals surface area contributed by atoms with Gasteiger partial charge in [-0.05, 0) is 13.0 Å². The number of carboxylic acid groups (broad SMARTS) is 1. The zero-order valence-corrected chi connectivity index (χ0v) is 10.2. The van der Waals surface area contributed by atoms with Gasteiger partial charge >= 0.3 is 5.97 Å². The van der Waals surface area contributed by atoms with Crippen molar-refractivity contribution in [3.8, 4) is 0 Å². The minimum Gasteiger partial charge on any atom is -0.481 e. The Balaban J connectivity index is 2.16. The maximum Gasteiger partial charge on any atom is 0.313 e. The molecule has 1 aliphatic heterocycles. The van der Waals surface area contributed by atoms with Gasteiger partial charge in [0.2, 0.25) is 0 Å². The van der Waals surface area contributed by atoms with E-state index in [0.717, 1.165) is 6.20 Å². The normalized spacial score (nSPS) is 26.1. The number of carbonyl (C=O) groups excluding carboxylic acids is 1.